The molecule has 2 N–H and O–H groups in total. The number of imide groups is 2. The lowest BCUT2D eigenvalue weighted by molar-refractivity contribution is -0.137. The number of amides is 6. The van der Waals surface area contributed by atoms with Gasteiger partial charge in [-0.3, -0.25) is 19.8 Å². The number of nitrogens with zero attached hydrogens (tertiary/aromatic N) is 2. The lowest BCUT2D eigenvalue weighted by atomic mass is 9.81. The molecular weight excluding hydrogens is 312 g/mol. The molecule has 24 heavy (non-hydrogen) atoms. The summed E-state index contributed by atoms with van der Waals surface area (Å²) in [4.78, 5) is 51.2. The molecule has 2 aliphatic rings. The smallest absolute Gasteiger partial charge is 0.327 e. The number of hydrogen-bond acceptors (Lipinski definition) is 4. The molecule has 1 atom stereocenters. The van der Waals surface area contributed by atoms with Crippen LogP contribution in [0.15, 0.2) is 0 Å². The molecular formula is C16H26N4O4. The van der Waals surface area contributed by atoms with E-state index < -0.39 is 30.1 Å². The molecule has 1 aliphatic heterocycles. The molecule has 0 aromatic heterocycles. The molecule has 1 heterocycles. The Morgan fingerprint density at radius 1 is 1.21 bits per heavy atom. The van der Waals surface area contributed by atoms with E-state index in [9.17, 15) is 19.2 Å². The zero-order valence-electron chi connectivity index (χ0n) is 14.6. The molecule has 8 heteroatoms. The van der Waals surface area contributed by atoms with Crippen LogP contribution in [-0.2, 0) is 9.59 Å². The first-order valence-electron chi connectivity index (χ1n) is 8.52. The van der Waals surface area contributed by atoms with Crippen LogP contribution in [0.5, 0.6) is 0 Å². The zero-order valence-corrected chi connectivity index (χ0v) is 14.6. The molecule has 134 valence electrons. The molecule has 0 radical (unpaired) electrons. The van der Waals surface area contributed by atoms with Crippen molar-refractivity contribution in [1.29, 1.82) is 0 Å². The molecule has 1 spiro atoms. The van der Waals surface area contributed by atoms with Gasteiger partial charge in [-0.15, -0.1) is 0 Å². The summed E-state index contributed by atoms with van der Waals surface area (Å²) in [6.45, 7) is 3.30. The second-order valence-electron chi connectivity index (χ2n) is 6.66. The summed E-state index contributed by atoms with van der Waals surface area (Å²) in [6.07, 6.45) is 4.81. The first-order chi connectivity index (χ1) is 11.3. The van der Waals surface area contributed by atoms with Crippen molar-refractivity contribution in [3.8, 4) is 0 Å². The van der Waals surface area contributed by atoms with Gasteiger partial charge in [0.1, 0.15) is 12.1 Å². The van der Waals surface area contributed by atoms with Crippen molar-refractivity contribution >= 4 is 23.9 Å². The second kappa shape index (κ2) is 7.19. The first-order valence-corrected chi connectivity index (χ1v) is 8.52. The van der Waals surface area contributed by atoms with Gasteiger partial charge in [-0.05, 0) is 26.2 Å². The van der Waals surface area contributed by atoms with Gasteiger partial charge < -0.3 is 10.2 Å². The van der Waals surface area contributed by atoms with Gasteiger partial charge in [0, 0.05) is 13.1 Å². The van der Waals surface area contributed by atoms with E-state index in [1.165, 1.54) is 4.90 Å². The molecule has 2 rings (SSSR count). The molecule has 0 aromatic carbocycles. The fraction of sp³-hybridized carbons (Fsp3) is 0.750. The van der Waals surface area contributed by atoms with Crippen LogP contribution < -0.4 is 10.6 Å². The fourth-order valence-electron chi connectivity index (χ4n) is 3.34. The maximum Gasteiger partial charge on any atom is 0.327 e. The SMILES string of the molecule is CC[C@H](C)NC(=O)NC(=O)CN1C(=O)N(C)C2(CCCCC2)C1=O. The van der Waals surface area contributed by atoms with Gasteiger partial charge in [-0.1, -0.05) is 26.2 Å². The number of likely N-dealkylation sites (N-methyl/N-ethyl adjacent to an activating group) is 1. The molecule has 1 aliphatic carbocycles. The minimum absolute atomic E-state index is 0.0653. The average molecular weight is 338 g/mol. The van der Waals surface area contributed by atoms with E-state index >= 15 is 0 Å². The quantitative estimate of drug-likeness (QED) is 0.753. The van der Waals surface area contributed by atoms with Gasteiger partial charge in [-0.25, -0.2) is 9.59 Å². The Morgan fingerprint density at radius 3 is 2.42 bits per heavy atom. The van der Waals surface area contributed by atoms with Gasteiger partial charge in [0.2, 0.25) is 5.91 Å². The summed E-state index contributed by atoms with van der Waals surface area (Å²) < 4.78 is 0. The van der Waals surface area contributed by atoms with E-state index in [0.717, 1.165) is 30.6 Å². The Balaban J connectivity index is 1.99. The molecule has 0 bridgehead atoms. The number of nitrogens with one attached hydrogen (secondary N) is 2. The second-order valence-corrected chi connectivity index (χ2v) is 6.66. The van der Waals surface area contributed by atoms with E-state index in [0.29, 0.717) is 12.8 Å². The summed E-state index contributed by atoms with van der Waals surface area (Å²) >= 11 is 0. The van der Waals surface area contributed by atoms with Crippen molar-refractivity contribution in [1.82, 2.24) is 20.4 Å². The van der Waals surface area contributed by atoms with Crippen LogP contribution in [0.4, 0.5) is 9.59 Å². The third-order valence-electron chi connectivity index (χ3n) is 5.03. The summed E-state index contributed by atoms with van der Waals surface area (Å²) in [6, 6.07) is -1.15. The molecule has 2 fully saturated rings. The molecule has 1 saturated heterocycles. The molecule has 8 nitrogen and oxygen atoms in total. The molecule has 6 amide bonds. The van der Waals surface area contributed by atoms with Gasteiger partial charge in [0.05, 0.1) is 0 Å². The van der Waals surface area contributed by atoms with Crippen molar-refractivity contribution in [2.45, 2.75) is 64.0 Å². The van der Waals surface area contributed by atoms with Gasteiger partial charge in [-0.2, -0.15) is 0 Å². The fourth-order valence-corrected chi connectivity index (χ4v) is 3.34. The first kappa shape index (κ1) is 18.2. The predicted molar refractivity (Wildman–Crippen MR) is 87.1 cm³/mol. The highest BCUT2D eigenvalue weighted by atomic mass is 16.2. The Bertz CT molecular complexity index is 542. The van der Waals surface area contributed by atoms with Crippen LogP contribution in [0.1, 0.15) is 52.4 Å². The minimum Gasteiger partial charge on any atom is -0.335 e. The van der Waals surface area contributed by atoms with E-state index in [4.69, 9.17) is 0 Å². The van der Waals surface area contributed by atoms with E-state index in [1.54, 1.807) is 7.05 Å². The predicted octanol–water partition coefficient (Wildman–Crippen LogP) is 1.21. The van der Waals surface area contributed by atoms with Crippen LogP contribution in [0.2, 0.25) is 0 Å². The van der Waals surface area contributed by atoms with Crippen LogP contribution in [0.3, 0.4) is 0 Å². The number of carbonyl (C=O) groups excluding carboxylic acids is 4. The van der Waals surface area contributed by atoms with E-state index in [2.05, 4.69) is 10.6 Å². The van der Waals surface area contributed by atoms with Crippen molar-refractivity contribution in [3.63, 3.8) is 0 Å². The van der Waals surface area contributed by atoms with Gasteiger partial charge in [0.15, 0.2) is 0 Å². The molecule has 0 unspecified atom stereocenters. The zero-order chi connectivity index (χ0) is 17.9. The van der Waals surface area contributed by atoms with Crippen LogP contribution >= 0.6 is 0 Å². The average Bonchev–Trinajstić information content (AvgIpc) is 2.71. The van der Waals surface area contributed by atoms with Crippen molar-refractivity contribution in [2.75, 3.05) is 13.6 Å². The number of urea groups is 2. The third-order valence-corrected chi connectivity index (χ3v) is 5.03. The topological polar surface area (TPSA) is 98.8 Å². The lowest BCUT2D eigenvalue weighted by Gasteiger charge is -2.35. The standard InChI is InChI=1S/C16H26N4O4/c1-4-11(2)17-14(23)18-12(21)10-20-13(22)16(19(3)15(20)24)8-6-5-7-9-16/h11H,4-10H2,1-3H3,(H2,17,18,21,23)/t11-/m0/s1. The summed E-state index contributed by atoms with van der Waals surface area (Å²) in [5.41, 5.74) is -0.811. The minimum atomic E-state index is -0.811. The summed E-state index contributed by atoms with van der Waals surface area (Å²) in [5, 5.41) is 4.77. The Hall–Kier alpha value is -2.12. The van der Waals surface area contributed by atoms with Crippen LogP contribution in [-0.4, -0.2) is 58.8 Å². The normalized spacial score (nSPS) is 21.1. The van der Waals surface area contributed by atoms with Crippen LogP contribution in [0.25, 0.3) is 0 Å². The lowest BCUT2D eigenvalue weighted by Crippen LogP contribution is -2.50. The maximum atomic E-state index is 12.7. The number of hydrogen-bond donors (Lipinski definition) is 2. The van der Waals surface area contributed by atoms with Gasteiger partial charge >= 0.3 is 12.1 Å². The highest BCUT2D eigenvalue weighted by molar-refractivity contribution is 6.09. The van der Waals surface area contributed by atoms with Crippen molar-refractivity contribution in [2.24, 2.45) is 0 Å². The number of carbonyl (C=O) groups is 4. The maximum absolute atomic E-state index is 12.7. The highest BCUT2D eigenvalue weighted by Gasteiger charge is 2.55. The monoisotopic (exact) mass is 338 g/mol. The molecule has 0 aromatic rings. The van der Waals surface area contributed by atoms with Crippen molar-refractivity contribution in [3.05, 3.63) is 0 Å². The van der Waals surface area contributed by atoms with E-state index in [1.807, 2.05) is 13.8 Å². The highest BCUT2D eigenvalue weighted by Crippen LogP contribution is 2.39. The molecule has 1 saturated carbocycles. The van der Waals surface area contributed by atoms with Crippen LogP contribution in [0, 0.1) is 0 Å². The number of rotatable bonds is 4. The Kier molecular flexibility index (Phi) is 5.46. The van der Waals surface area contributed by atoms with E-state index in [-0.39, 0.29) is 11.9 Å². The summed E-state index contributed by atoms with van der Waals surface area (Å²) in [5.74, 6) is -0.994. The van der Waals surface area contributed by atoms with Crippen molar-refractivity contribution < 1.29 is 19.2 Å². The Labute approximate surface area is 141 Å². The third kappa shape index (κ3) is 3.37. The Morgan fingerprint density at radius 2 is 1.83 bits per heavy atom. The van der Waals surface area contributed by atoms with Gasteiger partial charge in [0.25, 0.3) is 5.91 Å². The largest absolute Gasteiger partial charge is 0.335 e. The summed E-state index contributed by atoms with van der Waals surface area (Å²) in [7, 11) is 1.61.